The molecule has 0 aromatic heterocycles. The number of benzene rings is 2. The van der Waals surface area contributed by atoms with E-state index >= 15 is 0 Å². The molecular weight excluding hydrogens is 242 g/mol. The molecule has 0 bridgehead atoms. The Morgan fingerprint density at radius 1 is 1.15 bits per heavy atom. The second-order valence-electron chi connectivity index (χ2n) is 5.24. The van der Waals surface area contributed by atoms with Crippen molar-refractivity contribution < 1.29 is 0 Å². The number of hydrogen-bond donors (Lipinski definition) is 1. The predicted octanol–water partition coefficient (Wildman–Crippen LogP) is 4.16. The van der Waals surface area contributed by atoms with Crippen LogP contribution in [0.3, 0.4) is 0 Å². The van der Waals surface area contributed by atoms with Crippen molar-refractivity contribution in [1.29, 1.82) is 0 Å². The second kappa shape index (κ2) is 7.72. The summed E-state index contributed by atoms with van der Waals surface area (Å²) >= 11 is 0. The first-order valence-corrected chi connectivity index (χ1v) is 7.48. The first kappa shape index (κ1) is 14.6. The molecule has 2 rings (SSSR count). The molecule has 1 heteroatoms. The van der Waals surface area contributed by atoms with Gasteiger partial charge in [0, 0.05) is 12.5 Å². The van der Waals surface area contributed by atoms with Crippen LogP contribution in [0.2, 0.25) is 0 Å². The molecule has 1 unspecified atom stereocenters. The molecule has 20 heavy (non-hydrogen) atoms. The lowest BCUT2D eigenvalue weighted by Gasteiger charge is -2.18. The standard InChI is InChI=1S/C19H23N/c1-3-5-12-18(20-14-4-2)15-17-11-8-10-16-9-6-7-13-19(16)17/h1,6-11,13,18,20H,4-5,12,14-15H2,2H3. The molecule has 0 spiro atoms. The van der Waals surface area contributed by atoms with Crippen molar-refractivity contribution in [3.05, 3.63) is 48.0 Å². The highest BCUT2D eigenvalue weighted by atomic mass is 14.9. The maximum atomic E-state index is 5.41. The Balaban J connectivity index is 2.17. The molecule has 0 amide bonds. The van der Waals surface area contributed by atoms with Gasteiger partial charge in [0.1, 0.15) is 0 Å². The normalized spacial score (nSPS) is 12.2. The van der Waals surface area contributed by atoms with Gasteiger partial charge in [0.25, 0.3) is 0 Å². The van der Waals surface area contributed by atoms with Gasteiger partial charge in [-0.3, -0.25) is 0 Å². The maximum Gasteiger partial charge on any atom is 0.0117 e. The first-order chi connectivity index (χ1) is 9.85. The molecule has 1 atom stereocenters. The van der Waals surface area contributed by atoms with Crippen LogP contribution in [0.4, 0.5) is 0 Å². The van der Waals surface area contributed by atoms with Crippen molar-refractivity contribution >= 4 is 10.8 Å². The summed E-state index contributed by atoms with van der Waals surface area (Å²) in [7, 11) is 0. The highest BCUT2D eigenvalue weighted by molar-refractivity contribution is 5.85. The van der Waals surface area contributed by atoms with Crippen molar-refractivity contribution in [3.63, 3.8) is 0 Å². The summed E-state index contributed by atoms with van der Waals surface area (Å²) in [5, 5.41) is 6.30. The molecule has 0 aliphatic rings. The average Bonchev–Trinajstić information content (AvgIpc) is 2.50. The summed E-state index contributed by atoms with van der Waals surface area (Å²) in [6, 6.07) is 15.6. The van der Waals surface area contributed by atoms with E-state index in [-0.39, 0.29) is 0 Å². The highest BCUT2D eigenvalue weighted by Crippen LogP contribution is 2.20. The van der Waals surface area contributed by atoms with Gasteiger partial charge in [-0.25, -0.2) is 0 Å². The van der Waals surface area contributed by atoms with Crippen LogP contribution in [0, 0.1) is 12.3 Å². The molecule has 0 aliphatic heterocycles. The first-order valence-electron chi connectivity index (χ1n) is 7.48. The number of rotatable bonds is 7. The largest absolute Gasteiger partial charge is 0.314 e. The van der Waals surface area contributed by atoms with Crippen LogP contribution in [0.1, 0.15) is 31.7 Å². The second-order valence-corrected chi connectivity index (χ2v) is 5.24. The molecule has 104 valence electrons. The van der Waals surface area contributed by atoms with Crippen molar-refractivity contribution in [2.45, 2.75) is 38.6 Å². The molecule has 1 N–H and O–H groups in total. The molecule has 2 aromatic rings. The van der Waals surface area contributed by atoms with Crippen LogP contribution in [0.15, 0.2) is 42.5 Å². The fourth-order valence-electron chi connectivity index (χ4n) is 2.62. The van der Waals surface area contributed by atoms with Crippen LogP contribution < -0.4 is 5.32 Å². The summed E-state index contributed by atoms with van der Waals surface area (Å²) in [5.74, 6) is 2.76. The molecule has 0 heterocycles. The summed E-state index contributed by atoms with van der Waals surface area (Å²) in [5.41, 5.74) is 1.41. The van der Waals surface area contributed by atoms with E-state index in [4.69, 9.17) is 6.42 Å². The lowest BCUT2D eigenvalue weighted by molar-refractivity contribution is 0.484. The van der Waals surface area contributed by atoms with Crippen LogP contribution in [-0.2, 0) is 6.42 Å². The fraction of sp³-hybridized carbons (Fsp3) is 0.368. The van der Waals surface area contributed by atoms with Gasteiger partial charge in [0.05, 0.1) is 0 Å². The molecule has 2 aromatic carbocycles. The number of fused-ring (bicyclic) bond motifs is 1. The minimum atomic E-state index is 0.469. The van der Waals surface area contributed by atoms with E-state index < -0.39 is 0 Å². The Hall–Kier alpha value is -1.78. The summed E-state index contributed by atoms with van der Waals surface area (Å²) < 4.78 is 0. The Labute approximate surface area is 122 Å². The smallest absolute Gasteiger partial charge is 0.0117 e. The summed E-state index contributed by atoms with van der Waals surface area (Å²) in [6.07, 6.45) is 9.49. The summed E-state index contributed by atoms with van der Waals surface area (Å²) in [4.78, 5) is 0. The molecule has 0 saturated carbocycles. The third kappa shape index (κ3) is 3.85. The maximum absolute atomic E-state index is 5.41. The number of terminal acetylenes is 1. The van der Waals surface area contributed by atoms with Crippen LogP contribution >= 0.6 is 0 Å². The molecule has 0 aliphatic carbocycles. The molecule has 1 nitrogen and oxygen atoms in total. The zero-order valence-corrected chi connectivity index (χ0v) is 12.2. The van der Waals surface area contributed by atoms with Gasteiger partial charge in [-0.1, -0.05) is 49.4 Å². The SMILES string of the molecule is C#CCCC(Cc1cccc2ccccc12)NCCC. The Bertz CT molecular complexity index is 574. The quantitative estimate of drug-likeness (QED) is 0.741. The van der Waals surface area contributed by atoms with E-state index in [0.29, 0.717) is 6.04 Å². The third-order valence-electron chi connectivity index (χ3n) is 3.67. The van der Waals surface area contributed by atoms with E-state index in [1.807, 2.05) is 0 Å². The van der Waals surface area contributed by atoms with Gasteiger partial charge < -0.3 is 5.32 Å². The highest BCUT2D eigenvalue weighted by Gasteiger charge is 2.10. The summed E-state index contributed by atoms with van der Waals surface area (Å²) in [6.45, 7) is 3.25. The Kier molecular flexibility index (Phi) is 5.65. The zero-order valence-electron chi connectivity index (χ0n) is 12.2. The molecular formula is C19H23N. The predicted molar refractivity (Wildman–Crippen MR) is 87.8 cm³/mol. The van der Waals surface area contributed by atoms with Crippen molar-refractivity contribution in [3.8, 4) is 12.3 Å². The van der Waals surface area contributed by atoms with Crippen molar-refractivity contribution in [2.75, 3.05) is 6.54 Å². The minimum Gasteiger partial charge on any atom is -0.314 e. The average molecular weight is 265 g/mol. The zero-order chi connectivity index (χ0) is 14.2. The van der Waals surface area contributed by atoms with Gasteiger partial charge in [-0.15, -0.1) is 12.3 Å². The van der Waals surface area contributed by atoms with Gasteiger partial charge in [0.15, 0.2) is 0 Å². The van der Waals surface area contributed by atoms with E-state index in [0.717, 1.165) is 32.2 Å². The van der Waals surface area contributed by atoms with E-state index in [2.05, 4.69) is 60.6 Å². The van der Waals surface area contributed by atoms with Crippen molar-refractivity contribution in [2.24, 2.45) is 0 Å². The van der Waals surface area contributed by atoms with E-state index in [9.17, 15) is 0 Å². The number of nitrogens with one attached hydrogen (secondary N) is 1. The van der Waals surface area contributed by atoms with Gasteiger partial charge in [-0.2, -0.15) is 0 Å². The third-order valence-corrected chi connectivity index (χ3v) is 3.67. The lowest BCUT2D eigenvalue weighted by atomic mass is 9.96. The van der Waals surface area contributed by atoms with Crippen LogP contribution in [-0.4, -0.2) is 12.6 Å². The van der Waals surface area contributed by atoms with E-state index in [1.165, 1.54) is 16.3 Å². The molecule has 0 radical (unpaired) electrons. The number of hydrogen-bond acceptors (Lipinski definition) is 1. The molecule has 0 fully saturated rings. The fourth-order valence-corrected chi connectivity index (χ4v) is 2.62. The lowest BCUT2D eigenvalue weighted by Crippen LogP contribution is -2.31. The van der Waals surface area contributed by atoms with Gasteiger partial charge >= 0.3 is 0 Å². The van der Waals surface area contributed by atoms with E-state index in [1.54, 1.807) is 0 Å². The monoisotopic (exact) mass is 265 g/mol. The topological polar surface area (TPSA) is 12.0 Å². The van der Waals surface area contributed by atoms with Crippen LogP contribution in [0.5, 0.6) is 0 Å². The van der Waals surface area contributed by atoms with Crippen LogP contribution in [0.25, 0.3) is 10.8 Å². The Morgan fingerprint density at radius 3 is 2.75 bits per heavy atom. The molecule has 0 saturated heterocycles. The van der Waals surface area contributed by atoms with Gasteiger partial charge in [0.2, 0.25) is 0 Å². The van der Waals surface area contributed by atoms with Crippen molar-refractivity contribution in [1.82, 2.24) is 5.32 Å². The Morgan fingerprint density at radius 2 is 1.95 bits per heavy atom. The van der Waals surface area contributed by atoms with Gasteiger partial charge in [-0.05, 0) is 42.1 Å². The minimum absolute atomic E-state index is 0.469.